The molecule has 0 aromatic heterocycles. The molecule has 1 aromatic carbocycles. The van der Waals surface area contributed by atoms with Crippen molar-refractivity contribution in [2.45, 2.75) is 50.5 Å². The molecule has 0 radical (unpaired) electrons. The molecule has 20 heavy (non-hydrogen) atoms. The van der Waals surface area contributed by atoms with Crippen LogP contribution in [0.5, 0.6) is 0 Å². The van der Waals surface area contributed by atoms with Crippen LogP contribution in [0.15, 0.2) is 29.2 Å². The van der Waals surface area contributed by atoms with Gasteiger partial charge in [-0.2, -0.15) is 0 Å². The van der Waals surface area contributed by atoms with Gasteiger partial charge in [-0.05, 0) is 37.3 Å². The molecule has 0 saturated heterocycles. The minimum Gasteiger partial charge on any atom is -0.381 e. The highest BCUT2D eigenvalue weighted by atomic mass is 32.2. The third-order valence-corrected chi connectivity index (χ3v) is 5.59. The zero-order valence-corrected chi connectivity index (χ0v) is 13.0. The smallest absolute Gasteiger partial charge is 0.242 e. The molecule has 2 rings (SSSR count). The Kier molecular flexibility index (Phi) is 5.05. The maximum Gasteiger partial charge on any atom is 0.242 e. The first-order valence-corrected chi connectivity index (χ1v) is 8.90. The predicted molar refractivity (Wildman–Crippen MR) is 82.3 cm³/mol. The van der Waals surface area contributed by atoms with Crippen LogP contribution in [-0.2, 0) is 10.0 Å². The van der Waals surface area contributed by atoms with Crippen LogP contribution in [0.4, 0.5) is 5.69 Å². The monoisotopic (exact) mass is 296 g/mol. The van der Waals surface area contributed by atoms with Crippen molar-refractivity contribution in [3.63, 3.8) is 0 Å². The van der Waals surface area contributed by atoms with Crippen molar-refractivity contribution >= 4 is 15.7 Å². The third-order valence-electron chi connectivity index (χ3n) is 3.99. The van der Waals surface area contributed by atoms with Gasteiger partial charge in [0.2, 0.25) is 10.0 Å². The van der Waals surface area contributed by atoms with Gasteiger partial charge in [-0.25, -0.2) is 13.1 Å². The Morgan fingerprint density at radius 1 is 1.20 bits per heavy atom. The van der Waals surface area contributed by atoms with E-state index >= 15 is 0 Å². The Balaban J connectivity index is 2.17. The first kappa shape index (κ1) is 15.3. The van der Waals surface area contributed by atoms with E-state index in [2.05, 4.69) is 17.0 Å². The first-order valence-electron chi connectivity index (χ1n) is 7.42. The van der Waals surface area contributed by atoms with Gasteiger partial charge in [0, 0.05) is 12.6 Å². The van der Waals surface area contributed by atoms with E-state index in [0.717, 1.165) is 24.4 Å². The summed E-state index contributed by atoms with van der Waals surface area (Å²) in [6, 6.07) is 7.53. The van der Waals surface area contributed by atoms with Crippen molar-refractivity contribution in [3.8, 4) is 0 Å². The topological polar surface area (TPSA) is 58.2 Å². The summed E-state index contributed by atoms with van der Waals surface area (Å²) in [5.41, 5.74) is 0.718. The van der Waals surface area contributed by atoms with Gasteiger partial charge in [-0.3, -0.25) is 0 Å². The molecule has 2 atom stereocenters. The normalized spacial score (nSPS) is 22.9. The van der Waals surface area contributed by atoms with E-state index in [1.54, 1.807) is 19.1 Å². The lowest BCUT2D eigenvalue weighted by Crippen LogP contribution is -2.25. The maximum atomic E-state index is 12.2. The molecule has 1 saturated carbocycles. The molecule has 0 bridgehead atoms. The molecule has 2 unspecified atom stereocenters. The average Bonchev–Trinajstić information content (AvgIpc) is 2.87. The van der Waals surface area contributed by atoms with Crippen molar-refractivity contribution in [2.75, 3.05) is 11.9 Å². The highest BCUT2D eigenvalue weighted by Crippen LogP contribution is 2.31. The van der Waals surface area contributed by atoms with Gasteiger partial charge in [0.1, 0.15) is 4.90 Å². The summed E-state index contributed by atoms with van der Waals surface area (Å²) >= 11 is 0. The number of hydrogen-bond acceptors (Lipinski definition) is 3. The quantitative estimate of drug-likeness (QED) is 0.848. The van der Waals surface area contributed by atoms with Gasteiger partial charge in [0.15, 0.2) is 0 Å². The molecule has 1 aromatic rings. The minimum atomic E-state index is -3.41. The number of hydrogen-bond donors (Lipinski definition) is 2. The number of sulfonamides is 1. The van der Waals surface area contributed by atoms with Gasteiger partial charge in [-0.1, -0.05) is 32.4 Å². The molecule has 5 heteroatoms. The number of para-hydroxylation sites is 1. The highest BCUT2D eigenvalue weighted by Gasteiger charge is 2.25. The van der Waals surface area contributed by atoms with Crippen molar-refractivity contribution in [3.05, 3.63) is 24.3 Å². The molecule has 2 N–H and O–H groups in total. The van der Waals surface area contributed by atoms with Gasteiger partial charge >= 0.3 is 0 Å². The van der Waals surface area contributed by atoms with Gasteiger partial charge in [0.05, 0.1) is 5.69 Å². The molecule has 1 aliphatic rings. The Morgan fingerprint density at radius 2 is 1.95 bits per heavy atom. The molecule has 0 amide bonds. The molecule has 0 aliphatic heterocycles. The summed E-state index contributed by atoms with van der Waals surface area (Å²) in [6.07, 6.45) is 4.69. The van der Waals surface area contributed by atoms with Crippen LogP contribution in [0.3, 0.4) is 0 Å². The van der Waals surface area contributed by atoms with E-state index in [9.17, 15) is 8.42 Å². The van der Waals surface area contributed by atoms with Crippen molar-refractivity contribution < 1.29 is 8.42 Å². The third kappa shape index (κ3) is 3.52. The molecule has 0 heterocycles. The lowest BCUT2D eigenvalue weighted by molar-refractivity contribution is 0.524. The second kappa shape index (κ2) is 6.59. The van der Waals surface area contributed by atoms with E-state index in [4.69, 9.17) is 0 Å². The molecule has 1 aliphatic carbocycles. The first-order chi connectivity index (χ1) is 9.56. The van der Waals surface area contributed by atoms with E-state index < -0.39 is 10.0 Å². The average molecular weight is 296 g/mol. The highest BCUT2D eigenvalue weighted by molar-refractivity contribution is 7.89. The number of nitrogens with one attached hydrogen (secondary N) is 2. The summed E-state index contributed by atoms with van der Waals surface area (Å²) in [4.78, 5) is 0.349. The summed E-state index contributed by atoms with van der Waals surface area (Å²) in [5.74, 6) is 0.769. The Bertz CT molecular complexity index is 543. The summed E-state index contributed by atoms with van der Waals surface area (Å²) in [7, 11) is -3.41. The van der Waals surface area contributed by atoms with Crippen molar-refractivity contribution in [1.82, 2.24) is 4.72 Å². The SMILES string of the molecule is CCNS(=O)(=O)c1ccccc1NC1CCC(CC)C1. The van der Waals surface area contributed by atoms with E-state index in [1.165, 1.54) is 12.8 Å². The second-order valence-electron chi connectivity index (χ2n) is 5.43. The fourth-order valence-electron chi connectivity index (χ4n) is 2.88. The Morgan fingerprint density at radius 3 is 2.60 bits per heavy atom. The van der Waals surface area contributed by atoms with Crippen molar-refractivity contribution in [2.24, 2.45) is 5.92 Å². The number of benzene rings is 1. The molecule has 4 nitrogen and oxygen atoms in total. The molecule has 0 spiro atoms. The lowest BCUT2D eigenvalue weighted by Gasteiger charge is -2.17. The molecule has 112 valence electrons. The summed E-state index contributed by atoms with van der Waals surface area (Å²) < 4.78 is 26.9. The molecular formula is C15H24N2O2S. The predicted octanol–water partition coefficient (Wildman–Crippen LogP) is 2.98. The number of anilines is 1. The standard InChI is InChI=1S/C15H24N2O2S/c1-3-12-9-10-13(11-12)17-14-7-5-6-8-15(14)20(18,19)16-4-2/h5-8,12-13,16-17H,3-4,9-11H2,1-2H3. The Hall–Kier alpha value is -1.07. The van der Waals surface area contributed by atoms with Crippen LogP contribution < -0.4 is 10.0 Å². The molecular weight excluding hydrogens is 272 g/mol. The Labute approximate surface area is 122 Å². The van der Waals surface area contributed by atoms with Crippen LogP contribution >= 0.6 is 0 Å². The second-order valence-corrected chi connectivity index (χ2v) is 7.16. The van der Waals surface area contributed by atoms with Gasteiger partial charge in [0.25, 0.3) is 0 Å². The summed E-state index contributed by atoms with van der Waals surface area (Å²) in [6.45, 7) is 4.41. The van der Waals surface area contributed by atoms with E-state index in [0.29, 0.717) is 17.5 Å². The minimum absolute atomic E-state index is 0.349. The lowest BCUT2D eigenvalue weighted by atomic mass is 10.1. The zero-order valence-electron chi connectivity index (χ0n) is 12.2. The zero-order chi connectivity index (χ0) is 14.6. The van der Waals surface area contributed by atoms with Crippen LogP contribution in [0.25, 0.3) is 0 Å². The van der Waals surface area contributed by atoms with Crippen LogP contribution in [-0.4, -0.2) is 21.0 Å². The summed E-state index contributed by atoms with van der Waals surface area (Å²) in [5, 5.41) is 3.42. The van der Waals surface area contributed by atoms with Crippen LogP contribution in [0.1, 0.15) is 39.5 Å². The molecule has 1 fully saturated rings. The van der Waals surface area contributed by atoms with Crippen molar-refractivity contribution in [1.29, 1.82) is 0 Å². The largest absolute Gasteiger partial charge is 0.381 e. The fraction of sp³-hybridized carbons (Fsp3) is 0.600. The van der Waals surface area contributed by atoms with E-state index in [1.807, 2.05) is 12.1 Å². The maximum absolute atomic E-state index is 12.2. The van der Waals surface area contributed by atoms with Crippen LogP contribution in [0.2, 0.25) is 0 Å². The number of rotatable bonds is 6. The van der Waals surface area contributed by atoms with Crippen LogP contribution in [0, 0.1) is 5.92 Å². The fourth-order valence-corrected chi connectivity index (χ4v) is 4.09. The van der Waals surface area contributed by atoms with E-state index in [-0.39, 0.29) is 0 Å². The van der Waals surface area contributed by atoms with Gasteiger partial charge < -0.3 is 5.32 Å². The van der Waals surface area contributed by atoms with Gasteiger partial charge in [-0.15, -0.1) is 0 Å².